The molecule has 122 valence electrons. The normalized spacial score (nSPS) is 13.6. The predicted molar refractivity (Wildman–Crippen MR) is 74.3 cm³/mol. The molecular weight excluding hydrogens is 434 g/mol. The minimum Gasteiger partial charge on any atom is -0.442 e. The molecule has 0 radical (unpaired) electrons. The Balaban J connectivity index is 5.33. The molecule has 2 N–H and O–H groups in total. The van der Waals surface area contributed by atoms with Crippen LogP contribution in [0.25, 0.3) is 0 Å². The van der Waals surface area contributed by atoms with Crippen molar-refractivity contribution in [3.05, 3.63) is 0 Å². The summed E-state index contributed by atoms with van der Waals surface area (Å²) in [6.45, 7) is 4.37. The summed E-state index contributed by atoms with van der Waals surface area (Å²) >= 11 is 1.11. The second-order valence-electron chi connectivity index (χ2n) is 4.39. The Morgan fingerprint density at radius 3 is 2.00 bits per heavy atom. The van der Waals surface area contributed by atoms with Crippen LogP contribution in [0.4, 0.5) is 22.8 Å². The monoisotopic (exact) mass is 445 g/mol. The number of halogens is 4. The van der Waals surface area contributed by atoms with Crippen molar-refractivity contribution in [1.82, 2.24) is 10.0 Å². The molecule has 0 unspecified atom stereocenters. The maximum absolute atomic E-state index is 12.2. The highest BCUT2D eigenvalue weighted by molar-refractivity contribution is 14.1. The second-order valence-corrected chi connectivity index (χ2v) is 7.04. The fourth-order valence-electron chi connectivity index (χ4n) is 0.731. The third-order valence-electron chi connectivity index (χ3n) is 1.35. The molecule has 0 heterocycles. The first kappa shape index (κ1) is 19.9. The lowest BCUT2D eigenvalue weighted by molar-refractivity contribution is -0.0442. The summed E-state index contributed by atoms with van der Waals surface area (Å²) in [6.07, 6.45) is -1.38. The maximum Gasteiger partial charge on any atom is 0.516 e. The molecule has 0 aromatic carbocycles. The number of rotatable bonds is 1. The van der Waals surface area contributed by atoms with E-state index in [-0.39, 0.29) is 0 Å². The van der Waals surface area contributed by atoms with Crippen LogP contribution in [0.3, 0.4) is 0 Å². The zero-order chi connectivity index (χ0) is 17.1. The van der Waals surface area contributed by atoms with Crippen molar-refractivity contribution in [1.29, 1.82) is 0 Å². The van der Waals surface area contributed by atoms with Gasteiger partial charge in [0.05, 0.1) is 0 Å². The molecule has 0 saturated carbocycles. The number of alkyl halides is 3. The smallest absolute Gasteiger partial charge is 0.442 e. The van der Waals surface area contributed by atoms with E-state index >= 15 is 0 Å². The van der Waals surface area contributed by atoms with E-state index in [4.69, 9.17) is 0 Å². The Bertz CT molecular complexity index is 552. The average Bonchev–Trinajstić information content (AvgIpc) is 2.08. The van der Waals surface area contributed by atoms with Gasteiger partial charge in [0.2, 0.25) is 5.96 Å². The van der Waals surface area contributed by atoms with Crippen LogP contribution in [0, 0.1) is 0 Å². The third kappa shape index (κ3) is 8.03. The SMILES string of the molecule is CC(C)(C)OC(=O)/N=C(/NC(=O)I)NS(=O)(=O)C(F)(F)F. The minimum atomic E-state index is -5.84. The number of hydrogen-bond acceptors (Lipinski definition) is 5. The van der Waals surface area contributed by atoms with Crippen LogP contribution in [0.5, 0.6) is 0 Å². The zero-order valence-electron chi connectivity index (χ0n) is 10.9. The Labute approximate surface area is 131 Å². The Morgan fingerprint density at radius 1 is 1.19 bits per heavy atom. The maximum atomic E-state index is 12.2. The van der Waals surface area contributed by atoms with E-state index in [1.54, 1.807) is 5.32 Å². The summed E-state index contributed by atoms with van der Waals surface area (Å²) in [5, 5.41) is 1.63. The van der Waals surface area contributed by atoms with Crippen LogP contribution >= 0.6 is 22.6 Å². The van der Waals surface area contributed by atoms with Crippen molar-refractivity contribution >= 4 is 48.6 Å². The molecule has 0 aromatic heterocycles. The lowest BCUT2D eigenvalue weighted by Gasteiger charge is -2.18. The number of ether oxygens (including phenoxy) is 1. The lowest BCUT2D eigenvalue weighted by atomic mass is 10.2. The van der Waals surface area contributed by atoms with Gasteiger partial charge in [0.25, 0.3) is 3.91 Å². The van der Waals surface area contributed by atoms with Crippen LogP contribution in [0.2, 0.25) is 0 Å². The standard InChI is InChI=1S/C8H11F3IN3O5S/c1-7(2,3)20-6(17)14-5(13-4(12)16)15-21(18,19)8(9,10)11/h1-3H3,(H2,13,14,15,16,17). The third-order valence-corrected chi connectivity index (χ3v) is 2.69. The van der Waals surface area contributed by atoms with Crippen molar-refractivity contribution in [2.45, 2.75) is 31.9 Å². The number of aliphatic imine (C=N–C) groups is 1. The number of nitrogens with zero attached hydrogens (tertiary/aromatic N) is 1. The van der Waals surface area contributed by atoms with Gasteiger partial charge in [0, 0.05) is 22.6 Å². The van der Waals surface area contributed by atoms with E-state index in [9.17, 15) is 31.2 Å². The minimum absolute atomic E-state index is 0.941. The first-order valence-electron chi connectivity index (χ1n) is 5.01. The molecule has 0 bridgehead atoms. The molecule has 13 heteroatoms. The fourth-order valence-corrected chi connectivity index (χ4v) is 1.45. The average molecular weight is 445 g/mol. The van der Waals surface area contributed by atoms with Gasteiger partial charge in [-0.15, -0.1) is 4.99 Å². The summed E-state index contributed by atoms with van der Waals surface area (Å²) in [5.41, 5.74) is -6.65. The van der Waals surface area contributed by atoms with Crippen LogP contribution in [0.1, 0.15) is 20.8 Å². The Kier molecular flexibility index (Phi) is 6.40. The molecule has 0 fully saturated rings. The van der Waals surface area contributed by atoms with Gasteiger partial charge in [0.15, 0.2) is 0 Å². The molecule has 0 saturated heterocycles. The molecule has 0 aliphatic rings. The Hall–Kier alpha value is -1.12. The molecule has 0 rings (SSSR count). The largest absolute Gasteiger partial charge is 0.516 e. The first-order valence-corrected chi connectivity index (χ1v) is 7.57. The molecule has 0 aliphatic heterocycles. The van der Waals surface area contributed by atoms with Crippen LogP contribution in [-0.2, 0) is 14.8 Å². The van der Waals surface area contributed by atoms with E-state index < -0.39 is 37.1 Å². The highest BCUT2D eigenvalue weighted by Gasteiger charge is 2.46. The number of carbonyl (C=O) groups excluding carboxylic acids is 2. The van der Waals surface area contributed by atoms with Gasteiger partial charge >= 0.3 is 21.6 Å². The van der Waals surface area contributed by atoms with Crippen molar-refractivity contribution in [3.8, 4) is 0 Å². The Morgan fingerprint density at radius 2 is 1.67 bits per heavy atom. The summed E-state index contributed by atoms with van der Waals surface area (Å²) < 4.78 is 63.0. The first-order chi connectivity index (χ1) is 9.14. The van der Waals surface area contributed by atoms with Crippen molar-refractivity contribution in [2.75, 3.05) is 0 Å². The van der Waals surface area contributed by atoms with Gasteiger partial charge in [-0.05, 0) is 20.8 Å². The molecule has 0 atom stereocenters. The fraction of sp³-hybridized carbons (Fsp3) is 0.625. The van der Waals surface area contributed by atoms with Gasteiger partial charge < -0.3 is 4.74 Å². The number of guanidine groups is 1. The van der Waals surface area contributed by atoms with E-state index in [2.05, 4.69) is 9.73 Å². The molecular formula is C8H11F3IN3O5S. The van der Waals surface area contributed by atoms with Gasteiger partial charge in [0.1, 0.15) is 5.60 Å². The lowest BCUT2D eigenvalue weighted by Crippen LogP contribution is -2.47. The molecule has 21 heavy (non-hydrogen) atoms. The highest BCUT2D eigenvalue weighted by Crippen LogP contribution is 2.21. The molecule has 0 aromatic rings. The van der Waals surface area contributed by atoms with Crippen molar-refractivity contribution in [3.63, 3.8) is 0 Å². The van der Waals surface area contributed by atoms with Crippen LogP contribution < -0.4 is 10.0 Å². The van der Waals surface area contributed by atoms with E-state index in [0.29, 0.717) is 0 Å². The van der Waals surface area contributed by atoms with Gasteiger partial charge in [-0.25, -0.2) is 9.52 Å². The number of hydrogen-bond donors (Lipinski definition) is 2. The van der Waals surface area contributed by atoms with E-state index in [0.717, 1.165) is 27.3 Å². The number of sulfonamides is 1. The van der Waals surface area contributed by atoms with Crippen molar-refractivity contribution in [2.24, 2.45) is 4.99 Å². The zero-order valence-corrected chi connectivity index (χ0v) is 13.9. The van der Waals surface area contributed by atoms with Gasteiger partial charge in [-0.1, -0.05) is 0 Å². The summed E-state index contributed by atoms with van der Waals surface area (Å²) in [4.78, 5) is 25.0. The van der Waals surface area contributed by atoms with E-state index in [1.165, 1.54) is 20.8 Å². The molecule has 2 amide bonds. The van der Waals surface area contributed by atoms with Gasteiger partial charge in [-0.3, -0.25) is 10.1 Å². The summed E-state index contributed by atoms with van der Waals surface area (Å²) in [5.74, 6) is -1.22. The molecule has 8 nitrogen and oxygen atoms in total. The quantitative estimate of drug-likeness (QED) is 0.210. The molecule has 0 aliphatic carbocycles. The number of nitrogens with one attached hydrogen (secondary N) is 2. The summed E-state index contributed by atoms with van der Waals surface area (Å²) in [7, 11) is -5.84. The molecule has 0 spiro atoms. The topological polar surface area (TPSA) is 114 Å². The van der Waals surface area contributed by atoms with E-state index in [1.807, 2.05) is 0 Å². The second kappa shape index (κ2) is 6.76. The number of amides is 2. The highest BCUT2D eigenvalue weighted by atomic mass is 127. The van der Waals surface area contributed by atoms with Crippen LogP contribution in [0.15, 0.2) is 4.99 Å². The van der Waals surface area contributed by atoms with Gasteiger partial charge in [-0.2, -0.15) is 21.6 Å². The summed E-state index contributed by atoms with van der Waals surface area (Å²) in [6, 6.07) is 0. The number of carbonyl (C=O) groups is 2. The van der Waals surface area contributed by atoms with Crippen LogP contribution in [-0.4, -0.2) is 35.5 Å². The predicted octanol–water partition coefficient (Wildman–Crippen LogP) is 1.86. The van der Waals surface area contributed by atoms with Crippen molar-refractivity contribution < 1.29 is 35.9 Å².